The molecule has 7 heteroatoms. The summed E-state index contributed by atoms with van der Waals surface area (Å²) in [6.45, 7) is 0. The van der Waals surface area contributed by atoms with Crippen LogP contribution in [0.3, 0.4) is 0 Å². The fourth-order valence-corrected chi connectivity index (χ4v) is 2.72. The van der Waals surface area contributed by atoms with Crippen molar-refractivity contribution >= 4 is 27.5 Å². The van der Waals surface area contributed by atoms with Crippen LogP contribution in [0.2, 0.25) is 0 Å². The minimum atomic E-state index is -0.545. The summed E-state index contributed by atoms with van der Waals surface area (Å²) in [7, 11) is 0. The third-order valence-corrected chi connectivity index (χ3v) is 4.12. The lowest BCUT2D eigenvalue weighted by Crippen LogP contribution is -2.45. The number of nitrogens with one attached hydrogen (secondary N) is 1. The molecule has 108 valence electrons. The molecule has 1 aromatic rings. The molecule has 1 aromatic carbocycles. The Balaban J connectivity index is 2.13. The summed E-state index contributed by atoms with van der Waals surface area (Å²) in [5.41, 5.74) is 0.0690. The molecule has 6 nitrogen and oxygen atoms in total. The van der Waals surface area contributed by atoms with E-state index in [1.165, 1.54) is 18.2 Å². The van der Waals surface area contributed by atoms with E-state index in [2.05, 4.69) is 21.2 Å². The van der Waals surface area contributed by atoms with Crippen LogP contribution in [0.15, 0.2) is 22.7 Å². The molecule has 20 heavy (non-hydrogen) atoms. The molecule has 0 aliphatic heterocycles. The fraction of sp³-hybridized carbons (Fsp3) is 0.462. The topological polar surface area (TPSA) is 92.5 Å². The van der Waals surface area contributed by atoms with Gasteiger partial charge in [0.1, 0.15) is 0 Å². The van der Waals surface area contributed by atoms with Crippen LogP contribution in [-0.2, 0) is 0 Å². The van der Waals surface area contributed by atoms with E-state index >= 15 is 0 Å². The van der Waals surface area contributed by atoms with Crippen molar-refractivity contribution in [2.45, 2.75) is 37.8 Å². The second-order valence-electron chi connectivity index (χ2n) is 4.86. The molecule has 0 spiro atoms. The first-order chi connectivity index (χ1) is 9.49. The quantitative estimate of drug-likeness (QED) is 0.651. The van der Waals surface area contributed by atoms with Crippen molar-refractivity contribution in [3.8, 4) is 0 Å². The number of hydrogen-bond acceptors (Lipinski definition) is 4. The molecule has 0 heterocycles. The lowest BCUT2D eigenvalue weighted by molar-refractivity contribution is -0.385. The molecule has 1 aliphatic rings. The Bertz CT molecular complexity index is 535. The van der Waals surface area contributed by atoms with E-state index in [-0.39, 0.29) is 17.3 Å². The highest BCUT2D eigenvalue weighted by molar-refractivity contribution is 9.10. The first-order valence-corrected chi connectivity index (χ1v) is 7.21. The van der Waals surface area contributed by atoms with Gasteiger partial charge in [-0.25, -0.2) is 0 Å². The van der Waals surface area contributed by atoms with Gasteiger partial charge in [-0.05, 0) is 40.9 Å². The highest BCUT2D eigenvalue weighted by atomic mass is 79.9. The number of aliphatic hydroxyl groups excluding tert-OH is 1. The van der Waals surface area contributed by atoms with Gasteiger partial charge >= 0.3 is 0 Å². The molecule has 2 atom stereocenters. The average Bonchev–Trinajstić information content (AvgIpc) is 2.41. The fourth-order valence-electron chi connectivity index (χ4n) is 2.33. The molecule has 1 aliphatic carbocycles. The third-order valence-electron chi connectivity index (χ3n) is 3.45. The Morgan fingerprint density at radius 2 is 2.10 bits per heavy atom. The molecule has 1 amide bonds. The Kier molecular flexibility index (Phi) is 4.72. The van der Waals surface area contributed by atoms with Crippen LogP contribution in [0, 0.1) is 10.1 Å². The molecule has 0 saturated heterocycles. The van der Waals surface area contributed by atoms with E-state index in [0.717, 1.165) is 19.3 Å². The number of amides is 1. The number of aliphatic hydroxyl groups is 1. The maximum Gasteiger partial charge on any atom is 0.284 e. The largest absolute Gasteiger partial charge is 0.391 e. The summed E-state index contributed by atoms with van der Waals surface area (Å²) in [5, 5.41) is 23.4. The van der Waals surface area contributed by atoms with Crippen molar-refractivity contribution in [3.05, 3.63) is 38.3 Å². The zero-order valence-corrected chi connectivity index (χ0v) is 12.3. The van der Waals surface area contributed by atoms with Gasteiger partial charge in [-0.3, -0.25) is 14.9 Å². The van der Waals surface area contributed by atoms with Gasteiger partial charge in [0.15, 0.2) is 0 Å². The highest BCUT2D eigenvalue weighted by Gasteiger charge is 2.25. The van der Waals surface area contributed by atoms with E-state index in [4.69, 9.17) is 0 Å². The number of benzene rings is 1. The number of nitro benzene ring substituents is 1. The summed E-state index contributed by atoms with van der Waals surface area (Å²) in [6, 6.07) is 3.94. The van der Waals surface area contributed by atoms with Crippen LogP contribution in [-0.4, -0.2) is 28.1 Å². The second-order valence-corrected chi connectivity index (χ2v) is 5.71. The highest BCUT2D eigenvalue weighted by Crippen LogP contribution is 2.26. The molecule has 0 bridgehead atoms. The lowest BCUT2D eigenvalue weighted by Gasteiger charge is -2.28. The van der Waals surface area contributed by atoms with E-state index in [9.17, 15) is 20.0 Å². The first-order valence-electron chi connectivity index (χ1n) is 6.42. The number of rotatable bonds is 3. The van der Waals surface area contributed by atoms with Crippen molar-refractivity contribution < 1.29 is 14.8 Å². The second kappa shape index (κ2) is 6.32. The van der Waals surface area contributed by atoms with Gasteiger partial charge in [0.05, 0.1) is 21.5 Å². The maximum atomic E-state index is 12.1. The molecule has 1 fully saturated rings. The molecule has 2 N–H and O–H groups in total. The number of hydrogen-bond donors (Lipinski definition) is 2. The van der Waals surface area contributed by atoms with Gasteiger partial charge in [-0.15, -0.1) is 0 Å². The van der Waals surface area contributed by atoms with Crippen molar-refractivity contribution in [1.82, 2.24) is 5.32 Å². The predicted octanol–water partition coefficient (Wildman–Crippen LogP) is 2.39. The molecule has 2 rings (SSSR count). The van der Waals surface area contributed by atoms with Crippen LogP contribution in [0.4, 0.5) is 5.69 Å². The van der Waals surface area contributed by atoms with Crippen LogP contribution < -0.4 is 5.32 Å². The number of nitro groups is 1. The van der Waals surface area contributed by atoms with Crippen LogP contribution in [0.25, 0.3) is 0 Å². The van der Waals surface area contributed by atoms with E-state index in [1.807, 2.05) is 0 Å². The monoisotopic (exact) mass is 342 g/mol. The normalized spacial score (nSPS) is 22.3. The summed E-state index contributed by atoms with van der Waals surface area (Å²) in [5.74, 6) is -0.397. The average molecular weight is 343 g/mol. The number of nitrogens with zero attached hydrogens (tertiary/aromatic N) is 1. The minimum Gasteiger partial charge on any atom is -0.391 e. The molecule has 0 unspecified atom stereocenters. The summed E-state index contributed by atoms with van der Waals surface area (Å²) in [4.78, 5) is 22.4. The van der Waals surface area contributed by atoms with Gasteiger partial charge in [-0.2, -0.15) is 0 Å². The number of carbonyl (C=O) groups excluding carboxylic acids is 1. The van der Waals surface area contributed by atoms with E-state index < -0.39 is 16.9 Å². The molecule has 0 radical (unpaired) electrons. The van der Waals surface area contributed by atoms with Crippen LogP contribution in [0.1, 0.15) is 36.0 Å². The van der Waals surface area contributed by atoms with Crippen LogP contribution >= 0.6 is 15.9 Å². The maximum absolute atomic E-state index is 12.1. The van der Waals surface area contributed by atoms with E-state index in [1.54, 1.807) is 0 Å². The lowest BCUT2D eigenvalue weighted by atomic mass is 9.92. The van der Waals surface area contributed by atoms with Gasteiger partial charge in [0.2, 0.25) is 0 Å². The number of halogens is 1. The standard InChI is InChI=1S/C13H15BrN2O4/c14-9-6-5-8(7-11(9)16(19)20)13(18)15-10-3-1-2-4-12(10)17/h5-7,10,12,17H,1-4H2,(H,15,18)/t10-,12-/m0/s1. The van der Waals surface area contributed by atoms with Crippen molar-refractivity contribution in [2.24, 2.45) is 0 Å². The zero-order chi connectivity index (χ0) is 14.7. The summed E-state index contributed by atoms with van der Waals surface area (Å²) < 4.78 is 0.330. The van der Waals surface area contributed by atoms with E-state index in [0.29, 0.717) is 10.9 Å². The van der Waals surface area contributed by atoms with Gasteiger partial charge < -0.3 is 10.4 Å². The molecule has 0 aromatic heterocycles. The SMILES string of the molecule is O=C(N[C@H]1CCCC[C@@H]1O)c1ccc(Br)c([N+](=O)[O-])c1. The van der Waals surface area contributed by atoms with Crippen LogP contribution in [0.5, 0.6) is 0 Å². The Hall–Kier alpha value is -1.47. The molecular weight excluding hydrogens is 328 g/mol. The Labute approximate surface area is 124 Å². The van der Waals surface area contributed by atoms with Gasteiger partial charge in [-0.1, -0.05) is 12.8 Å². The summed E-state index contributed by atoms with van der Waals surface area (Å²) in [6.07, 6.45) is 2.77. The van der Waals surface area contributed by atoms with Gasteiger partial charge in [0.25, 0.3) is 11.6 Å². The first kappa shape index (κ1) is 14.9. The van der Waals surface area contributed by atoms with Crippen molar-refractivity contribution in [2.75, 3.05) is 0 Å². The predicted molar refractivity (Wildman–Crippen MR) is 76.5 cm³/mol. The minimum absolute atomic E-state index is 0.151. The van der Waals surface area contributed by atoms with Crippen molar-refractivity contribution in [1.29, 1.82) is 0 Å². The Morgan fingerprint density at radius 3 is 2.75 bits per heavy atom. The smallest absolute Gasteiger partial charge is 0.284 e. The summed E-state index contributed by atoms with van der Waals surface area (Å²) >= 11 is 3.07. The Morgan fingerprint density at radius 1 is 1.40 bits per heavy atom. The molecular formula is C13H15BrN2O4. The number of carbonyl (C=O) groups is 1. The van der Waals surface area contributed by atoms with Crippen molar-refractivity contribution in [3.63, 3.8) is 0 Å². The molecule has 1 saturated carbocycles. The third kappa shape index (κ3) is 3.34. The zero-order valence-electron chi connectivity index (χ0n) is 10.7. The van der Waals surface area contributed by atoms with Gasteiger partial charge in [0, 0.05) is 11.6 Å².